The third-order valence-electron chi connectivity index (χ3n) is 3.22. The van der Waals surface area contributed by atoms with Crippen LogP contribution in [0.2, 0.25) is 0 Å². The van der Waals surface area contributed by atoms with Gasteiger partial charge in [0.1, 0.15) is 0 Å². The summed E-state index contributed by atoms with van der Waals surface area (Å²) in [6.07, 6.45) is 0. The molecule has 0 bridgehead atoms. The van der Waals surface area contributed by atoms with Gasteiger partial charge in [0.25, 0.3) is 0 Å². The minimum atomic E-state index is -0.219. The maximum atomic E-state index is 12.0. The van der Waals surface area contributed by atoms with Crippen LogP contribution in [0.5, 0.6) is 0 Å². The lowest BCUT2D eigenvalue weighted by atomic mass is 10.1. The molecule has 0 aliphatic rings. The molecule has 0 aliphatic heterocycles. The van der Waals surface area contributed by atoms with Gasteiger partial charge in [-0.2, -0.15) is 0 Å². The number of benzene rings is 2. The molecule has 0 radical (unpaired) electrons. The molecule has 104 valence electrons. The standard InChI is InChI=1S/C17H20N2O/c1-11-5-7-15(8-6-11)18-17(20)19-16-13(3)9-12(2)10-14(16)4/h5-10H,1-4H3,(H2,18,19,20). The van der Waals surface area contributed by atoms with E-state index in [1.807, 2.05) is 45.0 Å². The third kappa shape index (κ3) is 3.38. The summed E-state index contributed by atoms with van der Waals surface area (Å²) in [5, 5.41) is 5.76. The number of urea groups is 1. The van der Waals surface area contributed by atoms with E-state index in [9.17, 15) is 4.79 Å². The van der Waals surface area contributed by atoms with Crippen molar-refractivity contribution in [2.24, 2.45) is 0 Å². The Bertz CT molecular complexity index is 607. The molecule has 0 aromatic heterocycles. The van der Waals surface area contributed by atoms with E-state index < -0.39 is 0 Å². The molecule has 2 N–H and O–H groups in total. The van der Waals surface area contributed by atoms with Crippen LogP contribution in [0.15, 0.2) is 36.4 Å². The van der Waals surface area contributed by atoms with E-state index in [-0.39, 0.29) is 6.03 Å². The highest BCUT2D eigenvalue weighted by Crippen LogP contribution is 2.22. The Labute approximate surface area is 120 Å². The number of aryl methyl sites for hydroxylation is 4. The predicted octanol–water partition coefficient (Wildman–Crippen LogP) is 4.56. The van der Waals surface area contributed by atoms with Crippen LogP contribution in [0, 0.1) is 27.7 Å². The molecule has 2 aromatic rings. The first-order chi connectivity index (χ1) is 9.45. The van der Waals surface area contributed by atoms with E-state index in [0.717, 1.165) is 22.5 Å². The lowest BCUT2D eigenvalue weighted by Gasteiger charge is -2.13. The van der Waals surface area contributed by atoms with Gasteiger partial charge in [-0.25, -0.2) is 4.79 Å². The number of carbonyl (C=O) groups is 1. The van der Waals surface area contributed by atoms with Gasteiger partial charge in [-0.05, 0) is 51.0 Å². The van der Waals surface area contributed by atoms with Crippen LogP contribution in [0.4, 0.5) is 16.2 Å². The van der Waals surface area contributed by atoms with Crippen molar-refractivity contribution in [3.8, 4) is 0 Å². The molecule has 0 aliphatic carbocycles. The lowest BCUT2D eigenvalue weighted by Crippen LogP contribution is -2.20. The summed E-state index contributed by atoms with van der Waals surface area (Å²) in [7, 11) is 0. The number of anilines is 2. The van der Waals surface area contributed by atoms with Crippen LogP contribution >= 0.6 is 0 Å². The zero-order valence-electron chi connectivity index (χ0n) is 12.4. The summed E-state index contributed by atoms with van der Waals surface area (Å²) < 4.78 is 0. The highest BCUT2D eigenvalue weighted by Gasteiger charge is 2.08. The van der Waals surface area contributed by atoms with Crippen molar-refractivity contribution >= 4 is 17.4 Å². The second-order valence-corrected chi connectivity index (χ2v) is 5.22. The first-order valence-corrected chi connectivity index (χ1v) is 6.68. The van der Waals surface area contributed by atoms with Gasteiger partial charge >= 0.3 is 6.03 Å². The van der Waals surface area contributed by atoms with E-state index in [0.29, 0.717) is 0 Å². The molecule has 3 heteroatoms. The number of hydrogen-bond donors (Lipinski definition) is 2. The monoisotopic (exact) mass is 268 g/mol. The Morgan fingerprint density at radius 3 is 1.90 bits per heavy atom. The molecule has 2 rings (SSSR count). The molecular formula is C17H20N2O. The molecule has 3 nitrogen and oxygen atoms in total. The van der Waals surface area contributed by atoms with Crippen LogP contribution in [-0.2, 0) is 0 Å². The van der Waals surface area contributed by atoms with Crippen molar-refractivity contribution < 1.29 is 4.79 Å². The summed E-state index contributed by atoms with van der Waals surface area (Å²) >= 11 is 0. The summed E-state index contributed by atoms with van der Waals surface area (Å²) in [6, 6.07) is 11.6. The van der Waals surface area contributed by atoms with Gasteiger partial charge < -0.3 is 10.6 Å². The van der Waals surface area contributed by atoms with Crippen LogP contribution in [0.25, 0.3) is 0 Å². The smallest absolute Gasteiger partial charge is 0.308 e. The van der Waals surface area contributed by atoms with Gasteiger partial charge in [-0.15, -0.1) is 0 Å². The van der Waals surface area contributed by atoms with E-state index in [2.05, 4.69) is 29.7 Å². The third-order valence-corrected chi connectivity index (χ3v) is 3.22. The topological polar surface area (TPSA) is 41.1 Å². The zero-order chi connectivity index (χ0) is 14.7. The van der Waals surface area contributed by atoms with Crippen molar-refractivity contribution in [3.05, 3.63) is 58.7 Å². The van der Waals surface area contributed by atoms with Crippen LogP contribution < -0.4 is 10.6 Å². The first kappa shape index (κ1) is 14.1. The Kier molecular flexibility index (Phi) is 4.08. The maximum absolute atomic E-state index is 12.0. The van der Waals surface area contributed by atoms with E-state index in [1.54, 1.807) is 0 Å². The Morgan fingerprint density at radius 2 is 1.35 bits per heavy atom. The Balaban J connectivity index is 2.10. The fraction of sp³-hybridized carbons (Fsp3) is 0.235. The number of rotatable bonds is 2. The van der Waals surface area contributed by atoms with E-state index in [4.69, 9.17) is 0 Å². The van der Waals surface area contributed by atoms with Gasteiger partial charge in [0.05, 0.1) is 0 Å². The highest BCUT2D eigenvalue weighted by atomic mass is 16.2. The van der Waals surface area contributed by atoms with Crippen LogP contribution in [0.3, 0.4) is 0 Å². The van der Waals surface area contributed by atoms with E-state index in [1.165, 1.54) is 11.1 Å². The number of nitrogens with one attached hydrogen (secondary N) is 2. The average Bonchev–Trinajstić information content (AvgIpc) is 2.36. The van der Waals surface area contributed by atoms with Crippen molar-refractivity contribution in [1.82, 2.24) is 0 Å². The second kappa shape index (κ2) is 5.78. The zero-order valence-corrected chi connectivity index (χ0v) is 12.4. The second-order valence-electron chi connectivity index (χ2n) is 5.22. The van der Waals surface area contributed by atoms with Gasteiger partial charge in [-0.1, -0.05) is 35.4 Å². The first-order valence-electron chi connectivity index (χ1n) is 6.68. The van der Waals surface area contributed by atoms with Crippen molar-refractivity contribution in [2.75, 3.05) is 10.6 Å². The summed E-state index contributed by atoms with van der Waals surface area (Å²) in [6.45, 7) is 8.07. The SMILES string of the molecule is Cc1ccc(NC(=O)Nc2c(C)cc(C)cc2C)cc1. The van der Waals surface area contributed by atoms with Crippen LogP contribution in [0.1, 0.15) is 22.3 Å². The average molecular weight is 268 g/mol. The maximum Gasteiger partial charge on any atom is 0.323 e. The summed E-state index contributed by atoms with van der Waals surface area (Å²) in [5.74, 6) is 0. The molecule has 0 atom stereocenters. The van der Waals surface area contributed by atoms with Crippen LogP contribution in [-0.4, -0.2) is 6.03 Å². The minimum Gasteiger partial charge on any atom is -0.308 e. The van der Waals surface area contributed by atoms with Crippen molar-refractivity contribution in [1.29, 1.82) is 0 Å². The molecule has 0 unspecified atom stereocenters. The van der Waals surface area contributed by atoms with Gasteiger partial charge in [0.2, 0.25) is 0 Å². The molecule has 0 saturated carbocycles. The quantitative estimate of drug-likeness (QED) is 0.823. The largest absolute Gasteiger partial charge is 0.323 e. The molecule has 20 heavy (non-hydrogen) atoms. The number of carbonyl (C=O) groups excluding carboxylic acids is 1. The number of amides is 2. The lowest BCUT2D eigenvalue weighted by molar-refractivity contribution is 0.262. The molecular weight excluding hydrogens is 248 g/mol. The van der Waals surface area contributed by atoms with E-state index >= 15 is 0 Å². The molecule has 2 amide bonds. The predicted molar refractivity (Wildman–Crippen MR) is 84.5 cm³/mol. The molecule has 0 spiro atoms. The summed E-state index contributed by atoms with van der Waals surface area (Å²) in [5.41, 5.74) is 6.17. The Morgan fingerprint density at radius 1 is 0.800 bits per heavy atom. The molecule has 0 saturated heterocycles. The summed E-state index contributed by atoms with van der Waals surface area (Å²) in [4.78, 5) is 12.0. The van der Waals surface area contributed by atoms with Gasteiger partial charge in [0.15, 0.2) is 0 Å². The normalized spacial score (nSPS) is 10.2. The van der Waals surface area contributed by atoms with Crippen molar-refractivity contribution in [2.45, 2.75) is 27.7 Å². The Hall–Kier alpha value is -2.29. The van der Waals surface area contributed by atoms with Gasteiger partial charge in [-0.3, -0.25) is 0 Å². The fourth-order valence-corrected chi connectivity index (χ4v) is 2.29. The minimum absolute atomic E-state index is 0.219. The fourth-order valence-electron chi connectivity index (χ4n) is 2.29. The molecule has 0 fully saturated rings. The molecule has 0 heterocycles. The van der Waals surface area contributed by atoms with Gasteiger partial charge in [0, 0.05) is 11.4 Å². The van der Waals surface area contributed by atoms with Crippen molar-refractivity contribution in [3.63, 3.8) is 0 Å². The highest BCUT2D eigenvalue weighted by molar-refractivity contribution is 6.00. The number of hydrogen-bond acceptors (Lipinski definition) is 1. The molecule has 2 aromatic carbocycles.